The Bertz CT molecular complexity index is 773. The first kappa shape index (κ1) is 18.6. The largest absolute Gasteiger partial charge is 0.458 e. The zero-order valence-electron chi connectivity index (χ0n) is 15.5. The number of rotatable bonds is 2. The van der Waals surface area contributed by atoms with Crippen molar-refractivity contribution < 1.29 is 29.0 Å². The second-order valence-electron chi connectivity index (χ2n) is 7.51. The molecule has 1 saturated carbocycles. The quantitative estimate of drug-likeness (QED) is 0.599. The van der Waals surface area contributed by atoms with Crippen LogP contribution in [0.1, 0.15) is 40.5 Å². The molecule has 0 aromatic carbocycles. The van der Waals surface area contributed by atoms with Crippen LogP contribution in [0.25, 0.3) is 0 Å². The number of hydrogen-bond acceptors (Lipinski definition) is 6. The first-order valence-electron chi connectivity index (χ1n) is 8.82. The third-order valence-corrected chi connectivity index (χ3v) is 5.93. The van der Waals surface area contributed by atoms with Gasteiger partial charge in [0.05, 0.1) is 5.92 Å². The average Bonchev–Trinajstić information content (AvgIpc) is 2.96. The predicted molar refractivity (Wildman–Crippen MR) is 92.9 cm³/mol. The Labute approximate surface area is 152 Å². The lowest BCUT2D eigenvalue weighted by atomic mass is 9.77. The molecule has 6 nitrogen and oxygen atoms in total. The highest BCUT2D eigenvalue weighted by molar-refractivity contribution is 6.02. The maximum absolute atomic E-state index is 12.5. The van der Waals surface area contributed by atoms with Crippen molar-refractivity contribution >= 4 is 17.7 Å². The van der Waals surface area contributed by atoms with E-state index in [1.807, 2.05) is 0 Å². The van der Waals surface area contributed by atoms with Gasteiger partial charge in [-0.3, -0.25) is 4.79 Å². The molecule has 0 radical (unpaired) electrons. The molecule has 5 atom stereocenters. The van der Waals surface area contributed by atoms with Crippen LogP contribution in [0.5, 0.6) is 0 Å². The molecule has 3 aliphatic rings. The average molecular weight is 360 g/mol. The molecule has 1 saturated heterocycles. The van der Waals surface area contributed by atoms with E-state index in [1.54, 1.807) is 33.8 Å². The summed E-state index contributed by atoms with van der Waals surface area (Å²) in [5.74, 6) is -2.37. The van der Waals surface area contributed by atoms with Crippen molar-refractivity contribution in [1.29, 1.82) is 0 Å². The van der Waals surface area contributed by atoms with Gasteiger partial charge in [-0.25, -0.2) is 9.59 Å². The molecule has 0 unspecified atom stereocenters. The van der Waals surface area contributed by atoms with Crippen LogP contribution in [-0.2, 0) is 23.9 Å². The lowest BCUT2D eigenvalue weighted by molar-refractivity contribution is -0.159. The lowest BCUT2D eigenvalue weighted by Crippen LogP contribution is -2.51. The first-order valence-corrected chi connectivity index (χ1v) is 8.82. The molecule has 26 heavy (non-hydrogen) atoms. The van der Waals surface area contributed by atoms with Gasteiger partial charge in [-0.15, -0.1) is 0 Å². The standard InChI is InChI=1S/C20H24O6/c1-6-9(2)18(22)25-14-7-10(3)16-13(21)8-11(4)20(16,24)17-15(14)12(5)19(23)26-17/h6,11,14-15,17,24H,5,7-8H2,1-4H3/b9-6-/t11-,14+,15-,17+,20-/m1/s1. The maximum atomic E-state index is 12.5. The molecule has 2 fully saturated rings. The summed E-state index contributed by atoms with van der Waals surface area (Å²) in [6.45, 7) is 10.7. The maximum Gasteiger partial charge on any atom is 0.334 e. The monoisotopic (exact) mass is 360 g/mol. The van der Waals surface area contributed by atoms with Crippen LogP contribution < -0.4 is 0 Å². The van der Waals surface area contributed by atoms with E-state index in [9.17, 15) is 19.5 Å². The van der Waals surface area contributed by atoms with Crippen molar-refractivity contribution in [2.45, 2.75) is 58.3 Å². The molecule has 0 amide bonds. The van der Waals surface area contributed by atoms with E-state index >= 15 is 0 Å². The summed E-state index contributed by atoms with van der Waals surface area (Å²) in [7, 11) is 0. The van der Waals surface area contributed by atoms with Gasteiger partial charge in [0.2, 0.25) is 0 Å². The van der Waals surface area contributed by atoms with Gasteiger partial charge in [-0.05, 0) is 20.8 Å². The Balaban J connectivity index is 2.10. The highest BCUT2D eigenvalue weighted by atomic mass is 16.6. The van der Waals surface area contributed by atoms with Crippen LogP contribution in [0.2, 0.25) is 0 Å². The number of aliphatic hydroxyl groups is 1. The Kier molecular flexibility index (Phi) is 4.43. The van der Waals surface area contributed by atoms with Crippen LogP contribution in [0.3, 0.4) is 0 Å². The number of allylic oxidation sites excluding steroid dienone is 1. The van der Waals surface area contributed by atoms with Gasteiger partial charge in [0.25, 0.3) is 0 Å². The molecule has 3 rings (SSSR count). The minimum absolute atomic E-state index is 0.151. The van der Waals surface area contributed by atoms with Crippen LogP contribution in [0.4, 0.5) is 0 Å². The third kappa shape index (κ3) is 2.47. The fourth-order valence-electron chi connectivity index (χ4n) is 4.37. The van der Waals surface area contributed by atoms with E-state index in [0.717, 1.165) is 0 Å². The van der Waals surface area contributed by atoms with Crippen molar-refractivity contribution in [1.82, 2.24) is 0 Å². The Hall–Kier alpha value is -2.21. The topological polar surface area (TPSA) is 89.9 Å². The van der Waals surface area contributed by atoms with Gasteiger partial charge in [-0.1, -0.05) is 25.2 Å². The van der Waals surface area contributed by atoms with Gasteiger partial charge in [-0.2, -0.15) is 0 Å². The van der Waals surface area contributed by atoms with Gasteiger partial charge in [0.1, 0.15) is 17.8 Å². The molecule has 1 aliphatic heterocycles. The Morgan fingerprint density at radius 3 is 2.65 bits per heavy atom. The fraction of sp³-hybridized carbons (Fsp3) is 0.550. The lowest BCUT2D eigenvalue weighted by Gasteiger charge is -2.36. The van der Waals surface area contributed by atoms with Gasteiger partial charge in [0.15, 0.2) is 5.78 Å². The molecule has 1 heterocycles. The first-order chi connectivity index (χ1) is 12.1. The molecule has 0 bridgehead atoms. The van der Waals surface area contributed by atoms with Gasteiger partial charge in [0, 0.05) is 35.5 Å². The molecule has 2 aliphatic carbocycles. The van der Waals surface area contributed by atoms with E-state index < -0.39 is 41.6 Å². The number of fused-ring (bicyclic) bond motifs is 3. The summed E-state index contributed by atoms with van der Waals surface area (Å²) in [6, 6.07) is 0. The summed E-state index contributed by atoms with van der Waals surface area (Å²) in [5.41, 5.74) is -0.0207. The van der Waals surface area contributed by atoms with E-state index in [4.69, 9.17) is 9.47 Å². The highest BCUT2D eigenvalue weighted by Crippen LogP contribution is 2.52. The summed E-state index contributed by atoms with van der Waals surface area (Å²) in [6.07, 6.45) is 0.360. The van der Waals surface area contributed by atoms with Crippen LogP contribution in [0, 0.1) is 11.8 Å². The van der Waals surface area contributed by atoms with Crippen LogP contribution in [0.15, 0.2) is 34.9 Å². The second kappa shape index (κ2) is 6.20. The van der Waals surface area contributed by atoms with Crippen molar-refractivity contribution in [3.05, 3.63) is 34.9 Å². The predicted octanol–water partition coefficient (Wildman–Crippen LogP) is 2.02. The highest BCUT2D eigenvalue weighted by Gasteiger charge is 2.63. The number of hydrogen-bond donors (Lipinski definition) is 1. The molecule has 6 heteroatoms. The van der Waals surface area contributed by atoms with Crippen LogP contribution in [-0.4, -0.2) is 40.6 Å². The van der Waals surface area contributed by atoms with E-state index in [1.165, 1.54) is 0 Å². The van der Waals surface area contributed by atoms with E-state index in [2.05, 4.69) is 6.58 Å². The summed E-state index contributed by atoms with van der Waals surface area (Å²) in [4.78, 5) is 37.0. The third-order valence-electron chi connectivity index (χ3n) is 5.93. The molecule has 140 valence electrons. The van der Waals surface area contributed by atoms with Crippen molar-refractivity contribution in [3.8, 4) is 0 Å². The Morgan fingerprint density at radius 1 is 1.38 bits per heavy atom. The molecular weight excluding hydrogens is 336 g/mol. The zero-order chi connectivity index (χ0) is 19.4. The Morgan fingerprint density at radius 2 is 2.04 bits per heavy atom. The SMILES string of the molecule is C=C1C(=O)O[C@H]2[C@H]1[C@@H](OC(=O)/C(C)=C\C)CC(C)=C1C(=O)C[C@@H](C)[C@@]12O. The number of ketones is 1. The van der Waals surface area contributed by atoms with Gasteiger partial charge >= 0.3 is 11.9 Å². The number of carbonyl (C=O) groups is 3. The number of ether oxygens (including phenoxy) is 2. The van der Waals surface area contributed by atoms with Crippen LogP contribution >= 0.6 is 0 Å². The minimum Gasteiger partial charge on any atom is -0.458 e. The molecule has 0 spiro atoms. The van der Waals surface area contributed by atoms with Gasteiger partial charge < -0.3 is 14.6 Å². The summed E-state index contributed by atoms with van der Waals surface area (Å²) >= 11 is 0. The number of carbonyl (C=O) groups excluding carboxylic acids is 3. The van der Waals surface area contributed by atoms with Crippen molar-refractivity contribution in [2.75, 3.05) is 0 Å². The van der Waals surface area contributed by atoms with Crippen molar-refractivity contribution in [2.24, 2.45) is 11.8 Å². The smallest absolute Gasteiger partial charge is 0.334 e. The minimum atomic E-state index is -1.59. The fourth-order valence-corrected chi connectivity index (χ4v) is 4.37. The number of Topliss-reactive ketones (excluding diaryl/α,β-unsaturated/α-hetero) is 1. The van der Waals surface area contributed by atoms with Crippen molar-refractivity contribution in [3.63, 3.8) is 0 Å². The van der Waals surface area contributed by atoms with E-state index in [0.29, 0.717) is 16.7 Å². The molecular formula is C20H24O6. The summed E-state index contributed by atoms with van der Waals surface area (Å²) in [5, 5.41) is 11.5. The zero-order valence-corrected chi connectivity index (χ0v) is 15.5. The molecule has 1 N–H and O–H groups in total. The normalized spacial score (nSPS) is 37.3. The van der Waals surface area contributed by atoms with E-state index in [-0.39, 0.29) is 24.2 Å². The number of esters is 2. The molecule has 0 aromatic rings. The molecule has 0 aromatic heterocycles. The second-order valence-corrected chi connectivity index (χ2v) is 7.51. The summed E-state index contributed by atoms with van der Waals surface area (Å²) < 4.78 is 11.1.